The predicted octanol–water partition coefficient (Wildman–Crippen LogP) is 2.55. The third-order valence-electron chi connectivity index (χ3n) is 5.28. The Labute approximate surface area is 164 Å². The summed E-state index contributed by atoms with van der Waals surface area (Å²) in [5, 5.41) is 0. The highest BCUT2D eigenvalue weighted by Gasteiger charge is 2.30. The maximum absolute atomic E-state index is 3.56. The third kappa shape index (κ3) is 10.1. The molecule has 1 rings (SSSR count). The molecule has 0 aromatic heterocycles. The van der Waals surface area contributed by atoms with Gasteiger partial charge in [-0.05, 0) is 31.6 Å². The van der Waals surface area contributed by atoms with Crippen molar-refractivity contribution in [1.82, 2.24) is 0 Å². The Bertz CT molecular complexity index is 354. The molecular weight excluding hydrogens is 409 g/mol. The molecule has 3 heteroatoms. The Hall–Kier alpha value is 0.467. The summed E-state index contributed by atoms with van der Waals surface area (Å²) in [4.78, 5) is 0. The lowest BCUT2D eigenvalue weighted by molar-refractivity contribution is -0.910. The summed E-state index contributed by atoms with van der Waals surface area (Å²) in [6.45, 7) is 17.3. The Morgan fingerprint density at radius 3 is 2.09 bits per heavy atom. The molecule has 0 unspecified atom stereocenters. The summed E-state index contributed by atoms with van der Waals surface area (Å²) < 4.78 is 1.31. The van der Waals surface area contributed by atoms with Crippen LogP contribution in [0.2, 0.25) is 25.7 Å². The molecule has 1 nitrogen and oxygen atoms in total. The van der Waals surface area contributed by atoms with E-state index < -0.39 is 8.07 Å². The fraction of sp³-hybridized carbons (Fsp3) is 0.900. The highest BCUT2D eigenvalue weighted by molar-refractivity contribution is 6.76. The van der Waals surface area contributed by atoms with Gasteiger partial charge >= 0.3 is 0 Å². The van der Waals surface area contributed by atoms with E-state index in [1.807, 2.05) is 0 Å². The predicted molar refractivity (Wildman–Crippen MR) is 103 cm³/mol. The zero-order chi connectivity index (χ0) is 16.5. The van der Waals surface area contributed by atoms with Gasteiger partial charge < -0.3 is 28.5 Å². The van der Waals surface area contributed by atoms with E-state index in [4.69, 9.17) is 0 Å². The molecule has 1 saturated heterocycles. The molecule has 1 aliphatic rings. The van der Waals surface area contributed by atoms with Gasteiger partial charge in [-0.15, -0.1) is 0 Å². The highest BCUT2D eigenvalue weighted by Crippen LogP contribution is 2.21. The number of quaternary nitrogens is 1. The topological polar surface area (TPSA) is 0 Å². The van der Waals surface area contributed by atoms with Crippen LogP contribution in [0.4, 0.5) is 0 Å². The van der Waals surface area contributed by atoms with Crippen LogP contribution in [0.1, 0.15) is 58.8 Å². The van der Waals surface area contributed by atoms with E-state index in [1.54, 1.807) is 0 Å². The van der Waals surface area contributed by atoms with Gasteiger partial charge in [-0.3, -0.25) is 0 Å². The van der Waals surface area contributed by atoms with Crippen LogP contribution >= 0.6 is 0 Å². The summed E-state index contributed by atoms with van der Waals surface area (Å²) in [5.41, 5.74) is 0. The molecule has 0 aromatic carbocycles. The molecule has 0 aromatic rings. The number of rotatable bonds is 9. The van der Waals surface area contributed by atoms with Gasteiger partial charge in [0.1, 0.15) is 6.54 Å². The fourth-order valence-electron chi connectivity index (χ4n) is 3.60. The number of hydrogen-bond acceptors (Lipinski definition) is 0. The molecule has 136 valence electrons. The van der Waals surface area contributed by atoms with Crippen molar-refractivity contribution in [2.75, 3.05) is 26.2 Å². The van der Waals surface area contributed by atoms with E-state index in [2.05, 4.69) is 45.3 Å². The summed E-state index contributed by atoms with van der Waals surface area (Å²) in [6.07, 6.45) is 9.56. The number of unbranched alkanes of at least 4 members (excludes halogenated alkanes) is 2. The second kappa shape index (κ2) is 11.9. The molecule has 0 amide bonds. The summed E-state index contributed by atoms with van der Waals surface area (Å²) in [5.74, 6) is 7.72. The minimum atomic E-state index is -0.827. The van der Waals surface area contributed by atoms with Crippen LogP contribution in [0.15, 0.2) is 0 Å². The van der Waals surface area contributed by atoms with E-state index in [0.717, 1.165) is 6.54 Å². The van der Waals surface area contributed by atoms with E-state index >= 15 is 0 Å². The van der Waals surface area contributed by atoms with Crippen molar-refractivity contribution in [2.24, 2.45) is 5.92 Å². The van der Waals surface area contributed by atoms with Gasteiger partial charge in [-0.25, -0.2) is 0 Å². The number of halogens is 1. The first-order chi connectivity index (χ1) is 10.4. The van der Waals surface area contributed by atoms with Crippen molar-refractivity contribution in [3.8, 4) is 11.8 Å². The second-order valence-corrected chi connectivity index (χ2v) is 14.2. The van der Waals surface area contributed by atoms with Gasteiger partial charge in [0.25, 0.3) is 0 Å². The monoisotopic (exact) mass is 449 g/mol. The summed E-state index contributed by atoms with van der Waals surface area (Å²) >= 11 is 0. The lowest BCUT2D eigenvalue weighted by atomic mass is 10.0. The van der Waals surface area contributed by atoms with Crippen LogP contribution in [0.5, 0.6) is 0 Å². The van der Waals surface area contributed by atoms with Crippen LogP contribution in [0.25, 0.3) is 0 Å². The first kappa shape index (κ1) is 23.5. The van der Waals surface area contributed by atoms with Crippen LogP contribution in [-0.4, -0.2) is 38.7 Å². The summed E-state index contributed by atoms with van der Waals surface area (Å²) in [7, 11) is -0.827. The first-order valence-electron chi connectivity index (χ1n) is 9.74. The smallest absolute Gasteiger partial charge is 0.140 e. The molecule has 1 fully saturated rings. The van der Waals surface area contributed by atoms with Gasteiger partial charge in [0, 0.05) is 26.8 Å². The molecule has 1 aliphatic heterocycles. The molecule has 23 heavy (non-hydrogen) atoms. The zero-order valence-corrected chi connectivity index (χ0v) is 19.5. The Balaban J connectivity index is 0.00000484. The molecule has 0 atom stereocenters. The number of likely N-dealkylation sites (tertiary alicyclic amines) is 1. The van der Waals surface area contributed by atoms with Crippen molar-refractivity contribution in [1.29, 1.82) is 0 Å². The SMILES string of the molecule is CCC(C#CC[N+]1(CCCCC[Si](C)(C)C)CCCC1)CC.[I-]. The maximum atomic E-state index is 3.56. The Kier molecular flexibility index (Phi) is 12.2. The average molecular weight is 450 g/mol. The van der Waals surface area contributed by atoms with Crippen LogP contribution < -0.4 is 24.0 Å². The van der Waals surface area contributed by atoms with Gasteiger partial charge in [0.15, 0.2) is 0 Å². The van der Waals surface area contributed by atoms with Gasteiger partial charge in [0.05, 0.1) is 19.6 Å². The largest absolute Gasteiger partial charge is 1.00 e. The van der Waals surface area contributed by atoms with Crippen molar-refractivity contribution < 1.29 is 28.5 Å². The standard InChI is InChI=1S/C20H40NSi.HI/c1-6-20(7-2)14-13-18-21(16-10-11-17-21)15-9-8-12-19-22(3,4)5;/h20H,6-12,15-19H2,1-5H3;1H/q+1;/p-1. The zero-order valence-electron chi connectivity index (χ0n) is 16.4. The van der Waals surface area contributed by atoms with E-state index in [1.165, 1.54) is 75.1 Å². The van der Waals surface area contributed by atoms with Crippen LogP contribution in [0, 0.1) is 17.8 Å². The van der Waals surface area contributed by atoms with E-state index in [9.17, 15) is 0 Å². The number of nitrogens with zero attached hydrogens (tertiary/aromatic N) is 1. The van der Waals surface area contributed by atoms with E-state index in [-0.39, 0.29) is 24.0 Å². The quantitative estimate of drug-likeness (QED) is 0.167. The van der Waals surface area contributed by atoms with Crippen molar-refractivity contribution >= 4 is 8.07 Å². The molecule has 0 saturated carbocycles. The van der Waals surface area contributed by atoms with E-state index in [0.29, 0.717) is 5.92 Å². The van der Waals surface area contributed by atoms with Crippen LogP contribution in [0.3, 0.4) is 0 Å². The van der Waals surface area contributed by atoms with Crippen molar-refractivity contribution in [3.05, 3.63) is 0 Å². The molecule has 0 aliphatic carbocycles. The Morgan fingerprint density at radius 1 is 0.957 bits per heavy atom. The molecule has 1 heterocycles. The minimum Gasteiger partial charge on any atom is -1.00 e. The normalized spacial score (nSPS) is 16.8. The molecular formula is C20H40INSi. The lowest BCUT2D eigenvalue weighted by Gasteiger charge is -2.32. The minimum absolute atomic E-state index is 0. The Morgan fingerprint density at radius 2 is 1.57 bits per heavy atom. The lowest BCUT2D eigenvalue weighted by Crippen LogP contribution is -3.00. The molecule has 0 radical (unpaired) electrons. The molecule has 0 spiro atoms. The molecule has 0 bridgehead atoms. The third-order valence-corrected chi connectivity index (χ3v) is 7.13. The van der Waals surface area contributed by atoms with Gasteiger partial charge in [0.2, 0.25) is 0 Å². The first-order valence-corrected chi connectivity index (χ1v) is 13.4. The van der Waals surface area contributed by atoms with Gasteiger partial charge in [-0.2, -0.15) is 0 Å². The highest BCUT2D eigenvalue weighted by atomic mass is 127. The fourth-order valence-corrected chi connectivity index (χ4v) is 4.91. The summed E-state index contributed by atoms with van der Waals surface area (Å²) in [6, 6.07) is 1.50. The van der Waals surface area contributed by atoms with Crippen LogP contribution in [-0.2, 0) is 0 Å². The van der Waals surface area contributed by atoms with Crippen molar-refractivity contribution in [3.63, 3.8) is 0 Å². The average Bonchev–Trinajstić information content (AvgIpc) is 2.91. The maximum Gasteiger partial charge on any atom is 0.140 e. The van der Waals surface area contributed by atoms with Gasteiger partial charge in [-0.1, -0.05) is 51.9 Å². The second-order valence-electron chi connectivity index (χ2n) is 8.58. The number of hydrogen-bond donors (Lipinski definition) is 0. The molecule has 0 N–H and O–H groups in total. The van der Waals surface area contributed by atoms with Crippen molar-refractivity contribution in [2.45, 2.75) is 84.5 Å².